The van der Waals surface area contributed by atoms with Crippen molar-refractivity contribution >= 4 is 23.2 Å². The van der Waals surface area contributed by atoms with Gasteiger partial charge in [-0.05, 0) is 93.4 Å². The first-order chi connectivity index (χ1) is 12.5. The Hall–Kier alpha value is -1.84. The van der Waals surface area contributed by atoms with Crippen molar-refractivity contribution in [3.05, 3.63) is 23.8 Å². The maximum absolute atomic E-state index is 13.2. The van der Waals surface area contributed by atoms with Crippen LogP contribution in [0, 0.1) is 30.1 Å². The summed E-state index contributed by atoms with van der Waals surface area (Å²) in [6.07, 6.45) is 8.89. The lowest BCUT2D eigenvalue weighted by atomic mass is 9.49. The van der Waals surface area contributed by atoms with Gasteiger partial charge in [0.25, 0.3) is 0 Å². The molecule has 4 heteroatoms. The topological polar surface area (TPSA) is 49.4 Å². The van der Waals surface area contributed by atoms with Crippen molar-refractivity contribution in [2.24, 2.45) is 23.2 Å². The highest BCUT2D eigenvalue weighted by atomic mass is 16.2. The van der Waals surface area contributed by atoms with Gasteiger partial charge in [0.1, 0.15) is 0 Å². The van der Waals surface area contributed by atoms with Gasteiger partial charge in [0.15, 0.2) is 0 Å². The van der Waals surface area contributed by atoms with Crippen LogP contribution in [0.1, 0.15) is 56.9 Å². The number of hydrogen-bond acceptors (Lipinski definition) is 2. The molecule has 138 valence electrons. The van der Waals surface area contributed by atoms with Crippen LogP contribution in [0.4, 0.5) is 11.4 Å². The predicted octanol–water partition coefficient (Wildman–Crippen LogP) is 4.28. The summed E-state index contributed by atoms with van der Waals surface area (Å²) < 4.78 is 0. The van der Waals surface area contributed by atoms with Gasteiger partial charge in [-0.25, -0.2) is 0 Å². The Labute approximate surface area is 155 Å². The molecule has 4 bridgehead atoms. The SMILES string of the molecule is Cc1cc(NC(=O)C23CC4CC(CC(C4)C2)C3)ccc1N1CCCC1=O. The molecule has 0 unspecified atom stereocenters. The molecule has 6 rings (SSSR count). The van der Waals surface area contributed by atoms with Crippen LogP contribution in [0.2, 0.25) is 0 Å². The minimum atomic E-state index is -0.119. The van der Waals surface area contributed by atoms with Gasteiger partial charge in [-0.1, -0.05) is 0 Å². The van der Waals surface area contributed by atoms with Crippen LogP contribution in [0.5, 0.6) is 0 Å². The van der Waals surface area contributed by atoms with Crippen molar-refractivity contribution in [1.29, 1.82) is 0 Å². The van der Waals surface area contributed by atoms with Crippen LogP contribution < -0.4 is 10.2 Å². The van der Waals surface area contributed by atoms with E-state index in [-0.39, 0.29) is 17.2 Å². The second-order valence-electron chi connectivity index (χ2n) is 9.30. The zero-order valence-corrected chi connectivity index (χ0v) is 15.6. The van der Waals surface area contributed by atoms with Crippen molar-refractivity contribution in [2.75, 3.05) is 16.8 Å². The number of nitrogens with zero attached hydrogens (tertiary/aromatic N) is 1. The molecule has 0 radical (unpaired) electrons. The number of rotatable bonds is 3. The molecule has 1 aliphatic heterocycles. The fourth-order valence-electron chi connectivity index (χ4n) is 6.59. The average Bonchev–Trinajstić information content (AvgIpc) is 2.99. The largest absolute Gasteiger partial charge is 0.326 e. The van der Waals surface area contributed by atoms with E-state index in [0.29, 0.717) is 6.42 Å². The van der Waals surface area contributed by atoms with Gasteiger partial charge in [0.2, 0.25) is 11.8 Å². The van der Waals surface area contributed by atoms with E-state index in [1.807, 2.05) is 30.0 Å². The van der Waals surface area contributed by atoms with E-state index < -0.39 is 0 Å². The second kappa shape index (κ2) is 5.83. The van der Waals surface area contributed by atoms with Crippen molar-refractivity contribution in [1.82, 2.24) is 0 Å². The third kappa shape index (κ3) is 2.57. The number of aryl methyl sites for hydroxylation is 1. The second-order valence-corrected chi connectivity index (χ2v) is 9.30. The zero-order valence-electron chi connectivity index (χ0n) is 15.6. The monoisotopic (exact) mass is 352 g/mol. The molecule has 1 saturated heterocycles. The summed E-state index contributed by atoms with van der Waals surface area (Å²) in [6.45, 7) is 2.83. The number of carbonyl (C=O) groups is 2. The van der Waals surface area contributed by atoms with Crippen LogP contribution >= 0.6 is 0 Å². The summed E-state index contributed by atoms with van der Waals surface area (Å²) in [7, 11) is 0. The molecule has 5 fully saturated rings. The molecule has 26 heavy (non-hydrogen) atoms. The highest BCUT2D eigenvalue weighted by Gasteiger charge is 2.54. The van der Waals surface area contributed by atoms with Gasteiger partial charge in [-0.2, -0.15) is 0 Å². The van der Waals surface area contributed by atoms with Gasteiger partial charge in [-0.3, -0.25) is 9.59 Å². The van der Waals surface area contributed by atoms with Crippen LogP contribution in [-0.4, -0.2) is 18.4 Å². The highest BCUT2D eigenvalue weighted by Crippen LogP contribution is 2.60. The highest BCUT2D eigenvalue weighted by molar-refractivity contribution is 5.98. The summed E-state index contributed by atoms with van der Waals surface area (Å²) in [5, 5.41) is 3.23. The molecule has 5 aliphatic rings. The molecule has 1 N–H and O–H groups in total. The Balaban J connectivity index is 1.34. The molecule has 0 aromatic heterocycles. The Bertz CT molecular complexity index is 734. The van der Waals surface area contributed by atoms with E-state index >= 15 is 0 Å². The van der Waals surface area contributed by atoms with Gasteiger partial charge in [-0.15, -0.1) is 0 Å². The lowest BCUT2D eigenvalue weighted by Gasteiger charge is -2.55. The van der Waals surface area contributed by atoms with E-state index in [1.165, 1.54) is 19.3 Å². The smallest absolute Gasteiger partial charge is 0.230 e. The summed E-state index contributed by atoms with van der Waals surface area (Å²) in [5.41, 5.74) is 2.80. The van der Waals surface area contributed by atoms with E-state index in [4.69, 9.17) is 0 Å². The first kappa shape index (κ1) is 16.3. The normalized spacial score (nSPS) is 35.2. The molecule has 0 spiro atoms. The van der Waals surface area contributed by atoms with Crippen LogP contribution in [0.15, 0.2) is 18.2 Å². The zero-order chi connectivity index (χ0) is 17.9. The Morgan fingerprint density at radius 2 is 1.77 bits per heavy atom. The first-order valence-electron chi connectivity index (χ1n) is 10.2. The summed E-state index contributed by atoms with van der Waals surface area (Å²) in [5.74, 6) is 2.77. The standard InChI is InChI=1S/C22H28N2O2/c1-14-7-18(4-5-19(14)24-6-2-3-20(24)25)23-21(26)22-11-15-8-16(12-22)10-17(9-15)13-22/h4-5,7,15-17H,2-3,6,8-13H2,1H3,(H,23,26). The van der Waals surface area contributed by atoms with Crippen LogP contribution in [0.25, 0.3) is 0 Å². The third-order valence-corrected chi connectivity index (χ3v) is 7.34. The van der Waals surface area contributed by atoms with E-state index in [1.54, 1.807) is 0 Å². The lowest BCUT2D eigenvalue weighted by molar-refractivity contribution is -0.140. The molecule has 1 aromatic carbocycles. The number of hydrogen-bond donors (Lipinski definition) is 1. The lowest BCUT2D eigenvalue weighted by Crippen LogP contribution is -2.51. The summed E-state index contributed by atoms with van der Waals surface area (Å²) in [6, 6.07) is 5.99. The summed E-state index contributed by atoms with van der Waals surface area (Å²) >= 11 is 0. The fourth-order valence-corrected chi connectivity index (χ4v) is 6.59. The minimum absolute atomic E-state index is 0.119. The molecule has 4 aliphatic carbocycles. The van der Waals surface area contributed by atoms with Gasteiger partial charge < -0.3 is 10.2 Å². The Morgan fingerprint density at radius 1 is 1.12 bits per heavy atom. The molecule has 2 amide bonds. The molecular weight excluding hydrogens is 324 g/mol. The van der Waals surface area contributed by atoms with Crippen LogP contribution in [-0.2, 0) is 9.59 Å². The van der Waals surface area contributed by atoms with Gasteiger partial charge >= 0.3 is 0 Å². The van der Waals surface area contributed by atoms with Gasteiger partial charge in [0.05, 0.1) is 5.41 Å². The number of anilines is 2. The molecular formula is C22H28N2O2. The molecule has 1 aromatic rings. The van der Waals surface area contributed by atoms with Crippen molar-refractivity contribution in [2.45, 2.75) is 58.3 Å². The van der Waals surface area contributed by atoms with Crippen molar-refractivity contribution in [3.63, 3.8) is 0 Å². The number of carbonyl (C=O) groups excluding carboxylic acids is 2. The molecule has 1 heterocycles. The Kier molecular flexibility index (Phi) is 3.67. The van der Waals surface area contributed by atoms with Crippen molar-refractivity contribution in [3.8, 4) is 0 Å². The molecule has 0 atom stereocenters. The average molecular weight is 352 g/mol. The molecule has 4 nitrogen and oxygen atoms in total. The predicted molar refractivity (Wildman–Crippen MR) is 102 cm³/mol. The minimum Gasteiger partial charge on any atom is -0.326 e. The van der Waals surface area contributed by atoms with E-state index in [0.717, 1.165) is 66.9 Å². The maximum Gasteiger partial charge on any atom is 0.230 e. The fraction of sp³-hybridized carbons (Fsp3) is 0.636. The first-order valence-corrected chi connectivity index (χ1v) is 10.2. The molecule has 4 saturated carbocycles. The number of benzene rings is 1. The third-order valence-electron chi connectivity index (χ3n) is 7.34. The van der Waals surface area contributed by atoms with Crippen LogP contribution in [0.3, 0.4) is 0 Å². The van der Waals surface area contributed by atoms with E-state index in [9.17, 15) is 9.59 Å². The quantitative estimate of drug-likeness (QED) is 0.883. The number of nitrogens with one attached hydrogen (secondary N) is 1. The number of amides is 2. The van der Waals surface area contributed by atoms with Gasteiger partial charge in [0, 0.05) is 24.3 Å². The van der Waals surface area contributed by atoms with Crippen molar-refractivity contribution < 1.29 is 9.59 Å². The maximum atomic E-state index is 13.2. The Morgan fingerprint density at radius 3 is 2.31 bits per heavy atom. The summed E-state index contributed by atoms with van der Waals surface area (Å²) in [4.78, 5) is 27.1. The van der Waals surface area contributed by atoms with E-state index in [2.05, 4.69) is 5.32 Å².